The molecule has 2 rings (SSSR count). The van der Waals surface area contributed by atoms with Gasteiger partial charge in [0.1, 0.15) is 0 Å². The van der Waals surface area contributed by atoms with Crippen LogP contribution in [0.15, 0.2) is 0 Å². The number of likely N-dealkylation sites (N-methyl/N-ethyl adjacent to an activating group) is 1. The third-order valence-corrected chi connectivity index (χ3v) is 4.36. The molecule has 0 aromatic rings. The number of hydrogen-bond donors (Lipinski definition) is 1. The molecule has 2 saturated heterocycles. The van der Waals surface area contributed by atoms with Crippen LogP contribution in [0.2, 0.25) is 0 Å². The van der Waals surface area contributed by atoms with E-state index in [1.54, 1.807) is 0 Å². The lowest BCUT2D eigenvalue weighted by molar-refractivity contribution is -0.122. The maximum Gasteiger partial charge on any atom is 0.223 e. The molecule has 104 valence electrons. The van der Waals surface area contributed by atoms with E-state index in [-0.39, 0.29) is 11.8 Å². The normalized spacial score (nSPS) is 30.2. The molecule has 1 unspecified atom stereocenters. The summed E-state index contributed by atoms with van der Waals surface area (Å²) in [7, 11) is 4.26. The van der Waals surface area contributed by atoms with E-state index < -0.39 is 0 Å². The van der Waals surface area contributed by atoms with Crippen LogP contribution in [0.25, 0.3) is 0 Å². The fourth-order valence-corrected chi connectivity index (χ4v) is 3.07. The number of piperidine rings is 1. The highest BCUT2D eigenvalue weighted by atomic mass is 16.1. The lowest BCUT2D eigenvalue weighted by Crippen LogP contribution is -2.47. The van der Waals surface area contributed by atoms with Crippen LogP contribution in [0.5, 0.6) is 0 Å². The zero-order valence-electron chi connectivity index (χ0n) is 11.6. The molecule has 18 heavy (non-hydrogen) atoms. The second-order valence-electron chi connectivity index (χ2n) is 5.89. The number of carbonyl (C=O) groups is 1. The maximum atomic E-state index is 11.5. The number of carbonyl (C=O) groups excluding carboxylic acids is 1. The monoisotopic (exact) mass is 254 g/mol. The third kappa shape index (κ3) is 3.43. The van der Waals surface area contributed by atoms with Crippen molar-refractivity contribution in [2.45, 2.75) is 18.9 Å². The molecule has 2 N–H and O–H groups in total. The Kier molecular flexibility index (Phi) is 4.59. The zero-order chi connectivity index (χ0) is 13.1. The number of nitrogens with zero attached hydrogens (tertiary/aromatic N) is 3. The van der Waals surface area contributed by atoms with E-state index in [4.69, 9.17) is 5.73 Å². The van der Waals surface area contributed by atoms with Crippen LogP contribution >= 0.6 is 0 Å². The van der Waals surface area contributed by atoms with Crippen LogP contribution < -0.4 is 5.73 Å². The van der Waals surface area contributed by atoms with Crippen molar-refractivity contribution in [3.8, 4) is 0 Å². The smallest absolute Gasteiger partial charge is 0.223 e. The molecule has 2 fully saturated rings. The van der Waals surface area contributed by atoms with Crippen molar-refractivity contribution in [3.63, 3.8) is 0 Å². The van der Waals surface area contributed by atoms with Crippen LogP contribution in [0.4, 0.5) is 0 Å². The van der Waals surface area contributed by atoms with E-state index in [1.165, 1.54) is 12.8 Å². The van der Waals surface area contributed by atoms with E-state index in [9.17, 15) is 4.79 Å². The lowest BCUT2D eigenvalue weighted by Gasteiger charge is -2.37. The minimum Gasteiger partial charge on any atom is -0.369 e. The molecule has 0 aromatic heterocycles. The van der Waals surface area contributed by atoms with E-state index in [2.05, 4.69) is 28.8 Å². The average molecular weight is 254 g/mol. The van der Waals surface area contributed by atoms with Gasteiger partial charge in [-0.2, -0.15) is 0 Å². The summed E-state index contributed by atoms with van der Waals surface area (Å²) in [5.74, 6) is -0.168. The lowest BCUT2D eigenvalue weighted by atomic mass is 10.0. The molecule has 0 radical (unpaired) electrons. The first kappa shape index (κ1) is 13.8. The number of rotatable bonds is 2. The first-order valence-corrected chi connectivity index (χ1v) is 6.96. The molecular formula is C13H26N4O. The molecule has 0 aliphatic carbocycles. The first-order valence-electron chi connectivity index (χ1n) is 6.96. The van der Waals surface area contributed by atoms with Crippen molar-refractivity contribution in [2.24, 2.45) is 11.7 Å². The number of amides is 1. The Labute approximate surface area is 110 Å². The van der Waals surface area contributed by atoms with Gasteiger partial charge in [-0.25, -0.2) is 0 Å². The molecule has 2 aliphatic heterocycles. The third-order valence-electron chi connectivity index (χ3n) is 4.36. The van der Waals surface area contributed by atoms with Crippen molar-refractivity contribution in [2.75, 3.05) is 53.4 Å². The fourth-order valence-electron chi connectivity index (χ4n) is 3.07. The molecule has 2 aliphatic rings. The Bertz CT molecular complexity index is 289. The predicted molar refractivity (Wildman–Crippen MR) is 72.3 cm³/mol. The van der Waals surface area contributed by atoms with Gasteiger partial charge in [0.05, 0.1) is 5.92 Å². The topological polar surface area (TPSA) is 52.8 Å². The van der Waals surface area contributed by atoms with Crippen molar-refractivity contribution in [3.05, 3.63) is 0 Å². The van der Waals surface area contributed by atoms with E-state index in [0.717, 1.165) is 39.3 Å². The van der Waals surface area contributed by atoms with Crippen LogP contribution in [-0.4, -0.2) is 80.0 Å². The highest BCUT2D eigenvalue weighted by molar-refractivity contribution is 5.77. The van der Waals surface area contributed by atoms with E-state index >= 15 is 0 Å². The van der Waals surface area contributed by atoms with Gasteiger partial charge in [-0.3, -0.25) is 9.69 Å². The van der Waals surface area contributed by atoms with Gasteiger partial charge in [0.2, 0.25) is 5.91 Å². The van der Waals surface area contributed by atoms with Gasteiger partial charge in [-0.05, 0) is 40.0 Å². The van der Waals surface area contributed by atoms with Gasteiger partial charge >= 0.3 is 0 Å². The number of hydrogen-bond acceptors (Lipinski definition) is 4. The summed E-state index contributed by atoms with van der Waals surface area (Å²) in [5.41, 5.74) is 5.51. The van der Waals surface area contributed by atoms with Crippen LogP contribution in [0.1, 0.15) is 12.8 Å². The Morgan fingerprint density at radius 2 is 1.67 bits per heavy atom. The standard InChI is InChI=1S/C13H26N4O/c1-15-5-3-12(4-6-15)17-8-7-16(2)9-11(10-17)13(14)18/h11-12H,3-10H2,1-2H3,(H2,14,18). The van der Waals surface area contributed by atoms with Crippen molar-refractivity contribution in [1.82, 2.24) is 14.7 Å². The Hall–Kier alpha value is -0.650. The van der Waals surface area contributed by atoms with Crippen molar-refractivity contribution < 1.29 is 4.79 Å². The molecule has 1 amide bonds. The molecule has 2 heterocycles. The van der Waals surface area contributed by atoms with Crippen LogP contribution in [0, 0.1) is 5.92 Å². The fraction of sp³-hybridized carbons (Fsp3) is 0.923. The van der Waals surface area contributed by atoms with Crippen LogP contribution in [0.3, 0.4) is 0 Å². The molecule has 5 nitrogen and oxygen atoms in total. The highest BCUT2D eigenvalue weighted by Crippen LogP contribution is 2.19. The van der Waals surface area contributed by atoms with E-state index in [1.807, 2.05) is 0 Å². The minimum atomic E-state index is -0.151. The molecular weight excluding hydrogens is 228 g/mol. The highest BCUT2D eigenvalue weighted by Gasteiger charge is 2.30. The molecule has 1 atom stereocenters. The molecule has 0 bridgehead atoms. The minimum absolute atomic E-state index is 0.0165. The summed E-state index contributed by atoms with van der Waals surface area (Å²) in [6, 6.07) is 0.634. The maximum absolute atomic E-state index is 11.5. The average Bonchev–Trinajstić information content (AvgIpc) is 2.52. The Balaban J connectivity index is 1.96. The van der Waals surface area contributed by atoms with Gasteiger partial charge in [0.25, 0.3) is 0 Å². The summed E-state index contributed by atoms with van der Waals surface area (Å²) < 4.78 is 0. The molecule has 5 heteroatoms. The van der Waals surface area contributed by atoms with Gasteiger partial charge in [-0.1, -0.05) is 0 Å². The summed E-state index contributed by atoms with van der Waals surface area (Å²) in [4.78, 5) is 18.6. The van der Waals surface area contributed by atoms with Crippen molar-refractivity contribution >= 4 is 5.91 Å². The van der Waals surface area contributed by atoms with E-state index in [0.29, 0.717) is 6.04 Å². The zero-order valence-corrected chi connectivity index (χ0v) is 11.6. The van der Waals surface area contributed by atoms with Crippen LogP contribution in [-0.2, 0) is 4.79 Å². The second-order valence-corrected chi connectivity index (χ2v) is 5.89. The van der Waals surface area contributed by atoms with Crippen molar-refractivity contribution in [1.29, 1.82) is 0 Å². The van der Waals surface area contributed by atoms with Gasteiger partial charge < -0.3 is 15.5 Å². The SMILES string of the molecule is CN1CCC(N2CCN(C)CC(C(N)=O)C2)CC1. The summed E-state index contributed by atoms with van der Waals surface area (Å²) in [6.07, 6.45) is 2.43. The first-order chi connectivity index (χ1) is 8.56. The molecule has 0 spiro atoms. The van der Waals surface area contributed by atoms with Gasteiger partial charge in [-0.15, -0.1) is 0 Å². The Morgan fingerprint density at radius 3 is 2.28 bits per heavy atom. The Morgan fingerprint density at radius 1 is 1.00 bits per heavy atom. The number of primary amides is 1. The quantitative estimate of drug-likeness (QED) is 0.717. The number of likely N-dealkylation sites (tertiary alicyclic amines) is 1. The molecule has 0 aromatic carbocycles. The number of nitrogens with two attached hydrogens (primary N) is 1. The summed E-state index contributed by atoms with van der Waals surface area (Å²) in [6.45, 7) is 6.08. The summed E-state index contributed by atoms with van der Waals surface area (Å²) >= 11 is 0. The predicted octanol–water partition coefficient (Wildman–Crippen LogP) is -0.570. The largest absolute Gasteiger partial charge is 0.369 e. The van der Waals surface area contributed by atoms with Gasteiger partial charge in [0, 0.05) is 32.2 Å². The molecule has 0 saturated carbocycles. The second kappa shape index (κ2) is 5.99. The van der Waals surface area contributed by atoms with Gasteiger partial charge in [0.15, 0.2) is 0 Å². The summed E-state index contributed by atoms with van der Waals surface area (Å²) in [5, 5.41) is 0.